The van der Waals surface area contributed by atoms with Gasteiger partial charge in [-0.1, -0.05) is 26.2 Å². The smallest absolute Gasteiger partial charge is 0.133 e. The maximum Gasteiger partial charge on any atom is 0.133 e. The van der Waals surface area contributed by atoms with Crippen molar-refractivity contribution < 1.29 is 4.42 Å². The topological polar surface area (TPSA) is 49.2 Å². The highest BCUT2D eigenvalue weighted by molar-refractivity contribution is 5.69. The van der Waals surface area contributed by atoms with Gasteiger partial charge in [-0.15, -0.1) is 0 Å². The molecule has 0 spiro atoms. The van der Waals surface area contributed by atoms with Gasteiger partial charge in [-0.3, -0.25) is 5.32 Å². The molecule has 1 aliphatic heterocycles. The largest absolute Gasteiger partial charge is 0.462 e. The van der Waals surface area contributed by atoms with Gasteiger partial charge >= 0.3 is 0 Å². The molecule has 0 aromatic carbocycles. The van der Waals surface area contributed by atoms with Gasteiger partial charge in [-0.2, -0.15) is 0 Å². The lowest BCUT2D eigenvalue weighted by Crippen LogP contribution is -2.45. The Hall–Kier alpha value is -1.52. The Morgan fingerprint density at radius 2 is 2.00 bits per heavy atom. The highest BCUT2D eigenvalue weighted by atomic mass is 16.3. The van der Waals surface area contributed by atoms with Gasteiger partial charge in [-0.05, 0) is 69.9 Å². The second-order valence-electron chi connectivity index (χ2n) is 7.85. The van der Waals surface area contributed by atoms with Crippen molar-refractivity contribution >= 4 is 5.57 Å². The molecule has 26 heavy (non-hydrogen) atoms. The third-order valence-corrected chi connectivity index (χ3v) is 5.61. The second kappa shape index (κ2) is 9.43. The van der Waals surface area contributed by atoms with Gasteiger partial charge < -0.3 is 15.1 Å². The standard InChI is InChI=1S/C22H35N3O/c1-4-18(25-19-8-6-5-7-9-19)12-13-23-22-20(14-16(2)15-24-22)21-11-10-17(3)26-21/h10-11,14-15,18-19,22-25H,4-9,12-13H2,1-3H3. The van der Waals surface area contributed by atoms with E-state index in [1.807, 2.05) is 13.0 Å². The predicted molar refractivity (Wildman–Crippen MR) is 109 cm³/mol. The molecular formula is C22H35N3O. The lowest BCUT2D eigenvalue weighted by Gasteiger charge is -2.29. The van der Waals surface area contributed by atoms with Crippen molar-refractivity contribution in [1.82, 2.24) is 16.0 Å². The van der Waals surface area contributed by atoms with Crippen LogP contribution in [0.5, 0.6) is 0 Å². The lowest BCUT2D eigenvalue weighted by molar-refractivity contribution is 0.318. The molecule has 1 aromatic rings. The van der Waals surface area contributed by atoms with Gasteiger partial charge in [0.2, 0.25) is 0 Å². The summed E-state index contributed by atoms with van der Waals surface area (Å²) in [5.41, 5.74) is 2.41. The monoisotopic (exact) mass is 357 g/mol. The zero-order valence-corrected chi connectivity index (χ0v) is 16.6. The zero-order chi connectivity index (χ0) is 18.4. The fourth-order valence-electron chi connectivity index (χ4n) is 4.06. The number of furan rings is 1. The van der Waals surface area contributed by atoms with Crippen LogP contribution in [-0.2, 0) is 0 Å². The van der Waals surface area contributed by atoms with E-state index < -0.39 is 0 Å². The first kappa shape index (κ1) is 19.2. The number of hydrogen-bond donors (Lipinski definition) is 3. The molecule has 3 N–H and O–H groups in total. The first-order valence-electron chi connectivity index (χ1n) is 10.4. The average molecular weight is 358 g/mol. The Bertz CT molecular complexity index is 625. The second-order valence-corrected chi connectivity index (χ2v) is 7.85. The van der Waals surface area contributed by atoms with Crippen LogP contribution in [0.1, 0.15) is 70.3 Å². The van der Waals surface area contributed by atoms with Crippen molar-refractivity contribution in [3.05, 3.63) is 41.5 Å². The summed E-state index contributed by atoms with van der Waals surface area (Å²) in [4.78, 5) is 0. The molecule has 144 valence electrons. The maximum absolute atomic E-state index is 5.86. The van der Waals surface area contributed by atoms with Crippen LogP contribution >= 0.6 is 0 Å². The third kappa shape index (κ3) is 5.24. The first-order valence-corrected chi connectivity index (χ1v) is 10.4. The molecule has 1 fully saturated rings. The van der Waals surface area contributed by atoms with Crippen LogP contribution < -0.4 is 16.0 Å². The molecule has 0 bridgehead atoms. The minimum atomic E-state index is 0.108. The van der Waals surface area contributed by atoms with E-state index in [0.717, 1.165) is 30.5 Å². The first-order chi connectivity index (χ1) is 12.7. The van der Waals surface area contributed by atoms with Gasteiger partial charge in [0, 0.05) is 23.9 Å². The Balaban J connectivity index is 1.51. The van der Waals surface area contributed by atoms with Gasteiger partial charge in [0.25, 0.3) is 0 Å². The Morgan fingerprint density at radius 1 is 1.19 bits per heavy atom. The summed E-state index contributed by atoms with van der Waals surface area (Å²) in [6, 6.07) is 5.43. The maximum atomic E-state index is 5.86. The van der Waals surface area contributed by atoms with Crippen molar-refractivity contribution in [2.75, 3.05) is 6.54 Å². The van der Waals surface area contributed by atoms with Crippen molar-refractivity contribution in [2.24, 2.45) is 0 Å². The van der Waals surface area contributed by atoms with E-state index in [2.05, 4.69) is 48.1 Å². The van der Waals surface area contributed by atoms with E-state index in [1.54, 1.807) is 0 Å². The van der Waals surface area contributed by atoms with Crippen LogP contribution in [0.15, 0.2) is 34.4 Å². The SMILES string of the molecule is CCC(CCNC1NC=C(C)C=C1c1ccc(C)o1)NC1CCCCC1. The van der Waals surface area contributed by atoms with Crippen LogP contribution in [0.25, 0.3) is 5.57 Å². The number of nitrogens with one attached hydrogen (secondary N) is 3. The van der Waals surface area contributed by atoms with Crippen LogP contribution in [0, 0.1) is 6.92 Å². The summed E-state index contributed by atoms with van der Waals surface area (Å²) >= 11 is 0. The van der Waals surface area contributed by atoms with Gasteiger partial charge in [-0.25, -0.2) is 0 Å². The van der Waals surface area contributed by atoms with E-state index >= 15 is 0 Å². The minimum absolute atomic E-state index is 0.108. The summed E-state index contributed by atoms with van der Waals surface area (Å²) < 4.78 is 5.86. The quantitative estimate of drug-likeness (QED) is 0.642. The predicted octanol–water partition coefficient (Wildman–Crippen LogP) is 4.49. The van der Waals surface area contributed by atoms with Crippen molar-refractivity contribution in [1.29, 1.82) is 0 Å². The van der Waals surface area contributed by atoms with Crippen molar-refractivity contribution in [2.45, 2.75) is 84.0 Å². The molecule has 1 saturated carbocycles. The summed E-state index contributed by atoms with van der Waals surface area (Å²) in [5, 5.41) is 11.0. The highest BCUT2D eigenvalue weighted by Gasteiger charge is 2.21. The summed E-state index contributed by atoms with van der Waals surface area (Å²) in [5.74, 6) is 1.90. The molecule has 1 aromatic heterocycles. The summed E-state index contributed by atoms with van der Waals surface area (Å²) in [7, 11) is 0. The fraction of sp³-hybridized carbons (Fsp3) is 0.636. The fourth-order valence-corrected chi connectivity index (χ4v) is 4.06. The van der Waals surface area contributed by atoms with E-state index in [-0.39, 0.29) is 6.17 Å². The van der Waals surface area contributed by atoms with Gasteiger partial charge in [0.15, 0.2) is 0 Å². The Labute approximate surface area is 158 Å². The van der Waals surface area contributed by atoms with Crippen LogP contribution in [-0.4, -0.2) is 24.8 Å². The molecule has 1 aliphatic carbocycles. The minimum Gasteiger partial charge on any atom is -0.462 e. The number of dihydropyridines is 1. The molecule has 4 nitrogen and oxygen atoms in total. The van der Waals surface area contributed by atoms with E-state index in [0.29, 0.717) is 6.04 Å². The molecule has 0 radical (unpaired) electrons. The van der Waals surface area contributed by atoms with Crippen molar-refractivity contribution in [3.8, 4) is 0 Å². The van der Waals surface area contributed by atoms with Crippen LogP contribution in [0.3, 0.4) is 0 Å². The summed E-state index contributed by atoms with van der Waals surface area (Å²) in [6.45, 7) is 7.39. The molecule has 0 amide bonds. The molecular weight excluding hydrogens is 322 g/mol. The third-order valence-electron chi connectivity index (χ3n) is 5.61. The van der Waals surface area contributed by atoms with Crippen molar-refractivity contribution in [3.63, 3.8) is 0 Å². The molecule has 2 unspecified atom stereocenters. The van der Waals surface area contributed by atoms with Gasteiger partial charge in [0.1, 0.15) is 17.7 Å². The van der Waals surface area contributed by atoms with Gasteiger partial charge in [0.05, 0.1) is 0 Å². The van der Waals surface area contributed by atoms with Crippen LogP contribution in [0.4, 0.5) is 0 Å². The normalized spacial score (nSPS) is 22.5. The number of allylic oxidation sites excluding steroid dienone is 2. The average Bonchev–Trinajstić information content (AvgIpc) is 3.09. The van der Waals surface area contributed by atoms with E-state index in [4.69, 9.17) is 4.42 Å². The van der Waals surface area contributed by atoms with Crippen LogP contribution in [0.2, 0.25) is 0 Å². The molecule has 0 saturated heterocycles. The molecule has 2 atom stereocenters. The highest BCUT2D eigenvalue weighted by Crippen LogP contribution is 2.24. The summed E-state index contributed by atoms with van der Waals surface area (Å²) in [6.07, 6.45) is 13.6. The number of aryl methyl sites for hydroxylation is 1. The molecule has 2 heterocycles. The van der Waals surface area contributed by atoms with E-state index in [9.17, 15) is 0 Å². The zero-order valence-electron chi connectivity index (χ0n) is 16.6. The number of hydrogen-bond acceptors (Lipinski definition) is 4. The lowest BCUT2D eigenvalue weighted by atomic mass is 9.94. The Morgan fingerprint density at radius 3 is 2.69 bits per heavy atom. The number of rotatable bonds is 8. The Kier molecular flexibility index (Phi) is 6.98. The molecule has 2 aliphatic rings. The molecule has 4 heteroatoms. The molecule has 3 rings (SSSR count). The van der Waals surface area contributed by atoms with E-state index in [1.165, 1.54) is 49.7 Å².